The van der Waals surface area contributed by atoms with E-state index in [1.54, 1.807) is 31.3 Å². The average Bonchev–Trinajstić information content (AvgIpc) is 2.72. The first kappa shape index (κ1) is 18.5. The summed E-state index contributed by atoms with van der Waals surface area (Å²) in [5, 5.41) is 3.43. The number of fused-ring (bicyclic) bond motifs is 1. The quantitative estimate of drug-likeness (QED) is 0.585. The third-order valence-electron chi connectivity index (χ3n) is 4.95. The molecular weight excluding hydrogens is 368 g/mol. The minimum atomic E-state index is -0.501. The van der Waals surface area contributed by atoms with Crippen LogP contribution in [0.1, 0.15) is 5.56 Å². The molecule has 0 atom stereocenters. The fraction of sp³-hybridized carbons (Fsp3) is 0.136. The van der Waals surface area contributed by atoms with Gasteiger partial charge >= 0.3 is 5.69 Å². The maximum atomic E-state index is 13.1. The molecule has 0 spiro atoms. The Morgan fingerprint density at radius 2 is 1.48 bits per heavy atom. The van der Waals surface area contributed by atoms with Gasteiger partial charge in [-0.2, -0.15) is 0 Å². The Morgan fingerprint density at radius 3 is 2.14 bits per heavy atom. The van der Waals surface area contributed by atoms with Gasteiger partial charge in [-0.05, 0) is 31.2 Å². The normalized spacial score (nSPS) is 11.0. The van der Waals surface area contributed by atoms with Gasteiger partial charge in [-0.1, -0.05) is 35.9 Å². The Hall–Kier alpha value is -3.87. The number of para-hydroxylation sites is 1. The smallest absolute Gasteiger partial charge is 0.332 e. The highest BCUT2D eigenvalue weighted by molar-refractivity contribution is 5.91. The van der Waals surface area contributed by atoms with Crippen molar-refractivity contribution in [1.82, 2.24) is 13.7 Å². The molecule has 1 N–H and O–H groups in total. The van der Waals surface area contributed by atoms with Gasteiger partial charge in [0.05, 0.1) is 11.4 Å². The molecule has 0 saturated heterocycles. The molecular formula is C22H20N4O3. The molecule has 0 aliphatic carbocycles. The molecule has 7 heteroatoms. The maximum absolute atomic E-state index is 13.1. The number of rotatable bonds is 3. The lowest BCUT2D eigenvalue weighted by Gasteiger charge is -2.17. The van der Waals surface area contributed by atoms with Crippen molar-refractivity contribution in [3.63, 3.8) is 0 Å². The van der Waals surface area contributed by atoms with Gasteiger partial charge in [-0.25, -0.2) is 4.79 Å². The molecule has 0 fully saturated rings. The summed E-state index contributed by atoms with van der Waals surface area (Å²) < 4.78 is 3.76. The first-order valence-corrected chi connectivity index (χ1v) is 9.13. The average molecular weight is 388 g/mol. The lowest BCUT2D eigenvalue weighted by molar-refractivity contribution is 0.699. The number of pyridine rings is 1. The highest BCUT2D eigenvalue weighted by Gasteiger charge is 2.19. The fourth-order valence-electron chi connectivity index (χ4n) is 3.41. The topological polar surface area (TPSA) is 78.0 Å². The Balaban J connectivity index is 2.12. The van der Waals surface area contributed by atoms with E-state index in [0.717, 1.165) is 15.8 Å². The van der Waals surface area contributed by atoms with Gasteiger partial charge < -0.3 is 5.32 Å². The van der Waals surface area contributed by atoms with Crippen LogP contribution in [0.3, 0.4) is 0 Å². The van der Waals surface area contributed by atoms with Crippen molar-refractivity contribution in [2.45, 2.75) is 6.92 Å². The molecule has 2 aromatic carbocycles. The van der Waals surface area contributed by atoms with Gasteiger partial charge in [0.15, 0.2) is 0 Å². The summed E-state index contributed by atoms with van der Waals surface area (Å²) >= 11 is 0. The van der Waals surface area contributed by atoms with Crippen molar-refractivity contribution in [2.75, 3.05) is 5.32 Å². The maximum Gasteiger partial charge on any atom is 0.332 e. The number of benzene rings is 2. The van der Waals surface area contributed by atoms with Gasteiger partial charge in [0.2, 0.25) is 0 Å². The van der Waals surface area contributed by atoms with E-state index < -0.39 is 11.2 Å². The zero-order valence-electron chi connectivity index (χ0n) is 16.3. The largest absolute Gasteiger partial charge is 0.355 e. The van der Waals surface area contributed by atoms with E-state index in [2.05, 4.69) is 5.32 Å². The van der Waals surface area contributed by atoms with Crippen LogP contribution in [0.15, 0.2) is 75.0 Å². The summed E-state index contributed by atoms with van der Waals surface area (Å²) in [5.41, 5.74) is 1.70. The molecule has 4 aromatic rings. The van der Waals surface area contributed by atoms with E-state index in [1.165, 1.54) is 22.2 Å². The second kappa shape index (κ2) is 6.94. The molecule has 0 saturated carbocycles. The minimum Gasteiger partial charge on any atom is -0.355 e. The first-order valence-electron chi connectivity index (χ1n) is 9.13. The number of aromatic nitrogens is 3. The van der Waals surface area contributed by atoms with E-state index in [1.807, 2.05) is 37.3 Å². The number of hydrogen-bond acceptors (Lipinski definition) is 4. The fourth-order valence-corrected chi connectivity index (χ4v) is 3.41. The lowest BCUT2D eigenvalue weighted by atomic mass is 10.2. The van der Waals surface area contributed by atoms with E-state index in [-0.39, 0.29) is 16.6 Å². The summed E-state index contributed by atoms with van der Waals surface area (Å²) in [6, 6.07) is 17.9. The van der Waals surface area contributed by atoms with Crippen LogP contribution in [0.5, 0.6) is 0 Å². The predicted octanol–water partition coefficient (Wildman–Crippen LogP) is 2.44. The molecule has 4 rings (SSSR count). The minimum absolute atomic E-state index is 0.242. The van der Waals surface area contributed by atoms with Crippen molar-refractivity contribution < 1.29 is 0 Å². The van der Waals surface area contributed by atoms with Crippen molar-refractivity contribution in [2.24, 2.45) is 14.1 Å². The molecule has 2 aromatic heterocycles. The van der Waals surface area contributed by atoms with E-state index in [0.29, 0.717) is 11.4 Å². The van der Waals surface area contributed by atoms with Gasteiger partial charge in [0.1, 0.15) is 11.0 Å². The Bertz CT molecular complexity index is 1400. The van der Waals surface area contributed by atoms with Crippen LogP contribution in [0, 0.1) is 6.92 Å². The van der Waals surface area contributed by atoms with Crippen molar-refractivity contribution >= 4 is 22.4 Å². The van der Waals surface area contributed by atoms with Gasteiger partial charge in [-0.15, -0.1) is 0 Å². The number of anilines is 2. The number of hydrogen-bond donors (Lipinski definition) is 1. The molecule has 0 aliphatic rings. The third-order valence-corrected chi connectivity index (χ3v) is 4.95. The Kier molecular flexibility index (Phi) is 4.43. The Morgan fingerprint density at radius 1 is 0.828 bits per heavy atom. The zero-order valence-corrected chi connectivity index (χ0v) is 16.3. The van der Waals surface area contributed by atoms with E-state index in [9.17, 15) is 14.4 Å². The summed E-state index contributed by atoms with van der Waals surface area (Å²) in [7, 11) is 2.98. The molecule has 0 unspecified atom stereocenters. The Labute approximate surface area is 166 Å². The van der Waals surface area contributed by atoms with Crippen LogP contribution in [0.4, 0.5) is 11.4 Å². The highest BCUT2D eigenvalue weighted by Crippen LogP contribution is 2.23. The number of nitrogens with zero attached hydrogens (tertiary/aromatic N) is 3. The molecule has 0 aliphatic heterocycles. The lowest BCUT2D eigenvalue weighted by Crippen LogP contribution is -2.39. The van der Waals surface area contributed by atoms with Crippen LogP contribution in [-0.2, 0) is 14.1 Å². The molecule has 0 bridgehead atoms. The van der Waals surface area contributed by atoms with Crippen LogP contribution in [-0.4, -0.2) is 13.7 Å². The second-order valence-electron chi connectivity index (χ2n) is 6.96. The van der Waals surface area contributed by atoms with Crippen LogP contribution in [0.2, 0.25) is 0 Å². The molecule has 29 heavy (non-hydrogen) atoms. The summed E-state index contributed by atoms with van der Waals surface area (Å²) in [6.07, 6.45) is 0. The first-order chi connectivity index (χ1) is 13.9. The molecule has 0 amide bonds. The number of aryl methyl sites for hydroxylation is 2. The summed E-state index contributed by atoms with van der Waals surface area (Å²) in [5.74, 6) is 0. The standard InChI is InChI=1S/C22H20N4O3/c1-14-9-11-15(12-10-14)23-17-13-18(27)26(16-7-5-4-6-8-16)20-19(17)21(28)25(3)22(29)24(20)2/h4-13,23H,1-3H3. The van der Waals surface area contributed by atoms with Crippen molar-refractivity contribution in [3.05, 3.63) is 97.4 Å². The van der Waals surface area contributed by atoms with Gasteiger partial charge in [-0.3, -0.25) is 23.3 Å². The molecule has 146 valence electrons. The van der Waals surface area contributed by atoms with Crippen molar-refractivity contribution in [1.29, 1.82) is 0 Å². The summed E-state index contributed by atoms with van der Waals surface area (Å²) in [4.78, 5) is 38.7. The van der Waals surface area contributed by atoms with Crippen LogP contribution >= 0.6 is 0 Å². The monoisotopic (exact) mass is 388 g/mol. The van der Waals surface area contributed by atoms with Gasteiger partial charge in [0.25, 0.3) is 11.1 Å². The molecule has 7 nitrogen and oxygen atoms in total. The highest BCUT2D eigenvalue weighted by atomic mass is 16.2. The van der Waals surface area contributed by atoms with Crippen LogP contribution < -0.4 is 22.1 Å². The predicted molar refractivity (Wildman–Crippen MR) is 114 cm³/mol. The van der Waals surface area contributed by atoms with Gasteiger partial charge in [0, 0.05) is 25.8 Å². The molecule has 2 heterocycles. The summed E-state index contributed by atoms with van der Waals surface area (Å²) in [6.45, 7) is 1.98. The SMILES string of the molecule is Cc1ccc(Nc2cc(=O)n(-c3ccccc3)c3c2c(=O)n(C)c(=O)n3C)cc1. The zero-order chi connectivity index (χ0) is 20.7. The van der Waals surface area contributed by atoms with Crippen molar-refractivity contribution in [3.8, 4) is 5.69 Å². The second-order valence-corrected chi connectivity index (χ2v) is 6.96. The van der Waals surface area contributed by atoms with Crippen LogP contribution in [0.25, 0.3) is 16.7 Å². The van der Waals surface area contributed by atoms with E-state index in [4.69, 9.17) is 0 Å². The molecule has 0 radical (unpaired) electrons. The number of nitrogens with one attached hydrogen (secondary N) is 1. The third kappa shape index (κ3) is 3.06. The van der Waals surface area contributed by atoms with E-state index >= 15 is 0 Å².